The number of ether oxygens (including phenoxy) is 1. The molecule has 2 N–H and O–H groups in total. The van der Waals surface area contributed by atoms with Crippen molar-refractivity contribution in [1.29, 1.82) is 0 Å². The first-order chi connectivity index (χ1) is 9.34. The molecule has 0 bridgehead atoms. The summed E-state index contributed by atoms with van der Waals surface area (Å²) in [4.78, 5) is 16.2. The highest BCUT2D eigenvalue weighted by atomic mass is 16.5. The smallest absolute Gasteiger partial charge is 0.270 e. The van der Waals surface area contributed by atoms with Gasteiger partial charge in [0, 0.05) is 19.2 Å². The summed E-state index contributed by atoms with van der Waals surface area (Å²) in [6.45, 7) is 8.41. The van der Waals surface area contributed by atoms with Gasteiger partial charge in [-0.15, -0.1) is 0 Å². The number of nitrogens with one attached hydrogen (secondary N) is 1. The summed E-state index contributed by atoms with van der Waals surface area (Å²) in [6.07, 6.45) is 0.654. The first-order valence-corrected chi connectivity index (χ1v) is 6.87. The van der Waals surface area contributed by atoms with Gasteiger partial charge in [-0.25, -0.2) is 4.98 Å². The molecule has 1 heterocycles. The third-order valence-electron chi connectivity index (χ3n) is 2.83. The van der Waals surface area contributed by atoms with Gasteiger partial charge in [0.25, 0.3) is 5.91 Å². The lowest BCUT2D eigenvalue weighted by atomic mass is 9.90. The fourth-order valence-electron chi connectivity index (χ4n) is 1.65. The maximum Gasteiger partial charge on any atom is 0.270 e. The number of rotatable bonds is 7. The average Bonchev–Trinajstić information content (AvgIpc) is 2.35. The second-order valence-corrected chi connectivity index (χ2v) is 5.85. The standard InChI is InChI=1S/C15H24N2O3/c1-11(2)20-13-7-5-6-12(17-13)14(19)16-10-15(3,4)8-9-18/h5-7,11,18H,8-10H2,1-4H3,(H,16,19). The number of pyridine rings is 1. The van der Waals surface area contributed by atoms with Crippen LogP contribution in [0.5, 0.6) is 5.88 Å². The third kappa shape index (κ3) is 5.57. The molecule has 0 aliphatic rings. The molecule has 0 saturated carbocycles. The molecule has 112 valence electrons. The Kier molecular flexibility index (Phi) is 5.95. The first-order valence-electron chi connectivity index (χ1n) is 6.87. The number of amides is 1. The number of carbonyl (C=O) groups excluding carboxylic acids is 1. The highest BCUT2D eigenvalue weighted by Crippen LogP contribution is 2.18. The topological polar surface area (TPSA) is 71.5 Å². The van der Waals surface area contributed by atoms with Gasteiger partial charge in [0.1, 0.15) is 5.69 Å². The second kappa shape index (κ2) is 7.24. The van der Waals surface area contributed by atoms with Crippen LogP contribution >= 0.6 is 0 Å². The average molecular weight is 280 g/mol. The van der Waals surface area contributed by atoms with Gasteiger partial charge in [0.2, 0.25) is 5.88 Å². The molecule has 0 spiro atoms. The summed E-state index contributed by atoms with van der Waals surface area (Å²) in [5.41, 5.74) is 0.194. The molecular formula is C15H24N2O3. The largest absolute Gasteiger partial charge is 0.475 e. The quantitative estimate of drug-likeness (QED) is 0.801. The van der Waals surface area contributed by atoms with Gasteiger partial charge in [-0.1, -0.05) is 19.9 Å². The molecule has 5 nitrogen and oxygen atoms in total. The molecule has 5 heteroatoms. The number of aliphatic hydroxyl groups excluding tert-OH is 1. The highest BCUT2D eigenvalue weighted by Gasteiger charge is 2.19. The van der Waals surface area contributed by atoms with Gasteiger partial charge < -0.3 is 15.2 Å². The van der Waals surface area contributed by atoms with Crippen molar-refractivity contribution in [1.82, 2.24) is 10.3 Å². The van der Waals surface area contributed by atoms with Crippen LogP contribution in [0.3, 0.4) is 0 Å². The van der Waals surface area contributed by atoms with E-state index in [1.54, 1.807) is 18.2 Å². The summed E-state index contributed by atoms with van der Waals surface area (Å²) in [7, 11) is 0. The van der Waals surface area contributed by atoms with E-state index in [1.165, 1.54) is 0 Å². The lowest BCUT2D eigenvalue weighted by molar-refractivity contribution is 0.0921. The van der Waals surface area contributed by atoms with Gasteiger partial charge in [0.15, 0.2) is 0 Å². The van der Waals surface area contributed by atoms with Gasteiger partial charge >= 0.3 is 0 Å². The number of aromatic nitrogens is 1. The van der Waals surface area contributed by atoms with Crippen molar-refractivity contribution in [3.05, 3.63) is 23.9 Å². The van der Waals surface area contributed by atoms with Crippen molar-refractivity contribution in [3.8, 4) is 5.88 Å². The minimum Gasteiger partial charge on any atom is -0.475 e. The molecule has 1 amide bonds. The summed E-state index contributed by atoms with van der Waals surface area (Å²) in [6, 6.07) is 5.13. The molecule has 1 rings (SSSR count). The van der Waals surface area contributed by atoms with Crippen LogP contribution in [0, 0.1) is 5.41 Å². The van der Waals surface area contributed by atoms with E-state index in [0.717, 1.165) is 0 Å². The van der Waals surface area contributed by atoms with E-state index in [0.29, 0.717) is 24.5 Å². The molecule has 1 aromatic rings. The molecule has 0 aromatic carbocycles. The van der Waals surface area contributed by atoms with Gasteiger partial charge in [-0.05, 0) is 31.7 Å². The van der Waals surface area contributed by atoms with E-state index in [9.17, 15) is 4.79 Å². The highest BCUT2D eigenvalue weighted by molar-refractivity contribution is 5.92. The Morgan fingerprint density at radius 3 is 2.75 bits per heavy atom. The molecule has 0 unspecified atom stereocenters. The second-order valence-electron chi connectivity index (χ2n) is 5.85. The number of carbonyl (C=O) groups is 1. The van der Waals surface area contributed by atoms with Crippen LogP contribution in [0.2, 0.25) is 0 Å². The molecule has 0 saturated heterocycles. The Balaban J connectivity index is 2.63. The molecule has 0 aliphatic heterocycles. The minimum atomic E-state index is -0.231. The van der Waals surface area contributed by atoms with E-state index in [1.807, 2.05) is 27.7 Å². The Morgan fingerprint density at radius 1 is 1.45 bits per heavy atom. The van der Waals surface area contributed by atoms with Crippen LogP contribution in [0.4, 0.5) is 0 Å². The van der Waals surface area contributed by atoms with Crippen LogP contribution in [0.1, 0.15) is 44.6 Å². The van der Waals surface area contributed by atoms with E-state index in [4.69, 9.17) is 9.84 Å². The van der Waals surface area contributed by atoms with Gasteiger partial charge in [-0.3, -0.25) is 4.79 Å². The Bertz CT molecular complexity index is 444. The van der Waals surface area contributed by atoms with Gasteiger partial charge in [0.05, 0.1) is 6.10 Å². The maximum absolute atomic E-state index is 12.0. The molecule has 0 atom stereocenters. The predicted octanol–water partition coefficient (Wildman–Crippen LogP) is 2.01. The van der Waals surface area contributed by atoms with E-state index in [-0.39, 0.29) is 24.0 Å². The van der Waals surface area contributed by atoms with Gasteiger partial charge in [-0.2, -0.15) is 0 Å². The summed E-state index contributed by atoms with van der Waals surface area (Å²) in [5, 5.41) is 11.8. The first kappa shape index (κ1) is 16.4. The van der Waals surface area contributed by atoms with Crippen molar-refractivity contribution in [2.75, 3.05) is 13.2 Å². The normalized spacial score (nSPS) is 11.5. The molecule has 0 aliphatic carbocycles. The maximum atomic E-state index is 12.0. The fourth-order valence-corrected chi connectivity index (χ4v) is 1.65. The van der Waals surface area contributed by atoms with Crippen molar-refractivity contribution in [2.45, 2.75) is 40.2 Å². The van der Waals surface area contributed by atoms with E-state index in [2.05, 4.69) is 10.3 Å². The van der Waals surface area contributed by atoms with E-state index < -0.39 is 0 Å². The molecular weight excluding hydrogens is 256 g/mol. The Hall–Kier alpha value is -1.62. The zero-order valence-electron chi connectivity index (χ0n) is 12.6. The number of aliphatic hydroxyl groups is 1. The molecule has 0 fully saturated rings. The third-order valence-corrected chi connectivity index (χ3v) is 2.83. The van der Waals surface area contributed by atoms with Crippen molar-refractivity contribution in [3.63, 3.8) is 0 Å². The summed E-state index contributed by atoms with van der Waals surface area (Å²) < 4.78 is 5.46. The zero-order valence-corrected chi connectivity index (χ0v) is 12.6. The number of hydrogen-bond donors (Lipinski definition) is 2. The Labute approximate surface area is 120 Å². The van der Waals surface area contributed by atoms with Crippen LogP contribution in [0.15, 0.2) is 18.2 Å². The lowest BCUT2D eigenvalue weighted by Gasteiger charge is -2.23. The van der Waals surface area contributed by atoms with Crippen molar-refractivity contribution >= 4 is 5.91 Å². The van der Waals surface area contributed by atoms with Crippen LogP contribution in [-0.4, -0.2) is 35.3 Å². The number of hydrogen-bond acceptors (Lipinski definition) is 4. The minimum absolute atomic E-state index is 0.0179. The SMILES string of the molecule is CC(C)Oc1cccc(C(=O)NCC(C)(C)CCO)n1. The van der Waals surface area contributed by atoms with Crippen LogP contribution in [-0.2, 0) is 0 Å². The predicted molar refractivity (Wildman–Crippen MR) is 77.8 cm³/mol. The zero-order chi connectivity index (χ0) is 15.2. The molecule has 0 radical (unpaired) electrons. The van der Waals surface area contributed by atoms with Crippen LogP contribution < -0.4 is 10.1 Å². The molecule has 20 heavy (non-hydrogen) atoms. The monoisotopic (exact) mass is 280 g/mol. The van der Waals surface area contributed by atoms with Crippen LogP contribution in [0.25, 0.3) is 0 Å². The fraction of sp³-hybridized carbons (Fsp3) is 0.600. The van der Waals surface area contributed by atoms with E-state index >= 15 is 0 Å². The summed E-state index contributed by atoms with van der Waals surface area (Å²) in [5.74, 6) is 0.215. The van der Waals surface area contributed by atoms with Crippen molar-refractivity contribution in [2.24, 2.45) is 5.41 Å². The number of nitrogens with zero attached hydrogens (tertiary/aromatic N) is 1. The molecule has 1 aromatic heterocycles. The Morgan fingerprint density at radius 2 is 2.15 bits per heavy atom. The summed E-state index contributed by atoms with van der Waals surface area (Å²) >= 11 is 0. The lowest BCUT2D eigenvalue weighted by Crippen LogP contribution is -2.35. The van der Waals surface area contributed by atoms with Crippen molar-refractivity contribution < 1.29 is 14.6 Å².